The van der Waals surface area contributed by atoms with Gasteiger partial charge in [0.15, 0.2) is 5.69 Å². The average Bonchev–Trinajstić information content (AvgIpc) is 3.45. The van der Waals surface area contributed by atoms with E-state index in [9.17, 15) is 19.8 Å². The van der Waals surface area contributed by atoms with Gasteiger partial charge in [-0.1, -0.05) is 126 Å². The number of thiazole rings is 1. The third-order valence-electron chi connectivity index (χ3n) is 10.3. The van der Waals surface area contributed by atoms with Gasteiger partial charge in [-0.2, -0.15) is 0 Å². The third kappa shape index (κ3) is 12.2. The van der Waals surface area contributed by atoms with Gasteiger partial charge in [0.05, 0.1) is 17.2 Å². The van der Waals surface area contributed by atoms with E-state index in [2.05, 4.69) is 41.2 Å². The Morgan fingerprint density at radius 3 is 2.11 bits per heavy atom. The number of ether oxygens (including phenoxy) is 2. The zero-order valence-electron chi connectivity index (χ0n) is 32.8. The molecule has 1 aromatic rings. The first kappa shape index (κ1) is 42.6. The summed E-state index contributed by atoms with van der Waals surface area (Å²) in [6.07, 6.45) is 33.1. The summed E-state index contributed by atoms with van der Waals surface area (Å²) in [5.41, 5.74) is -0.165. The molecule has 0 amide bonds. The Balaban J connectivity index is 1.55. The van der Waals surface area contributed by atoms with Crippen molar-refractivity contribution in [2.24, 2.45) is 33.6 Å². The van der Waals surface area contributed by atoms with Crippen LogP contribution < -0.4 is 0 Å². The summed E-state index contributed by atoms with van der Waals surface area (Å²) in [4.78, 5) is 35.8. The van der Waals surface area contributed by atoms with Crippen molar-refractivity contribution >= 4 is 29.0 Å². The van der Waals surface area contributed by atoms with Crippen LogP contribution in [0.5, 0.6) is 0 Å². The zero-order chi connectivity index (χ0) is 39.3. The van der Waals surface area contributed by atoms with Crippen molar-refractivity contribution in [3.63, 3.8) is 0 Å². The van der Waals surface area contributed by atoms with Crippen LogP contribution in [0, 0.1) is 28.6 Å². The number of aromatic nitrogens is 1. The van der Waals surface area contributed by atoms with Crippen LogP contribution in [0.3, 0.4) is 0 Å². The Labute approximate surface area is 325 Å². The van der Waals surface area contributed by atoms with Gasteiger partial charge < -0.3 is 19.7 Å². The molecule has 1 aromatic heterocycles. The van der Waals surface area contributed by atoms with Gasteiger partial charge in [-0.3, -0.25) is 0 Å². The van der Waals surface area contributed by atoms with Crippen molar-refractivity contribution in [1.29, 1.82) is 0 Å². The molecule has 0 radical (unpaired) electrons. The van der Waals surface area contributed by atoms with Gasteiger partial charge in [0.25, 0.3) is 0 Å². The molecule has 0 unspecified atom stereocenters. The van der Waals surface area contributed by atoms with Crippen LogP contribution in [0.15, 0.2) is 119 Å². The Morgan fingerprint density at radius 1 is 0.815 bits per heavy atom. The van der Waals surface area contributed by atoms with E-state index in [1.54, 1.807) is 29.7 Å². The SMILES string of the molecule is C/C=C/[C@H](O)C(C)(C)[C@@H]1C\C=C/C=C\C=C\[C@H](C)Cc2nc(cs2)C(=O)O[C@H](C(C)(C)[C@@H](O)/C=C/C)C/C=C\[C@H]2C[C@H]2/C=C/C=C\C2=NC(=CC2)C(=O)O1. The largest absolute Gasteiger partial charge is 0.457 e. The number of allylic oxidation sites excluding steroid dienone is 13. The molecule has 3 aliphatic rings. The second kappa shape index (κ2) is 19.9. The van der Waals surface area contributed by atoms with Crippen molar-refractivity contribution in [2.45, 2.75) is 105 Å². The van der Waals surface area contributed by atoms with Crippen molar-refractivity contribution in [1.82, 2.24) is 4.98 Å². The highest BCUT2D eigenvalue weighted by molar-refractivity contribution is 7.09. The van der Waals surface area contributed by atoms with E-state index < -0.39 is 47.2 Å². The van der Waals surface area contributed by atoms with Crippen molar-refractivity contribution < 1.29 is 29.3 Å². The lowest BCUT2D eigenvalue weighted by Crippen LogP contribution is -2.42. The lowest BCUT2D eigenvalue weighted by atomic mass is 9.79. The first-order valence-corrected chi connectivity index (χ1v) is 19.9. The van der Waals surface area contributed by atoms with E-state index in [-0.39, 0.29) is 17.3 Å². The first-order valence-electron chi connectivity index (χ1n) is 19.0. The fourth-order valence-electron chi connectivity index (χ4n) is 6.24. The highest BCUT2D eigenvalue weighted by atomic mass is 32.1. The molecule has 8 nitrogen and oxygen atoms in total. The molecule has 9 heteroatoms. The summed E-state index contributed by atoms with van der Waals surface area (Å²) in [6.45, 7) is 13.4. The van der Waals surface area contributed by atoms with Crippen LogP contribution in [0.4, 0.5) is 0 Å². The zero-order valence-corrected chi connectivity index (χ0v) is 33.6. The summed E-state index contributed by atoms with van der Waals surface area (Å²) in [7, 11) is 0. The second-order valence-electron chi connectivity index (χ2n) is 15.5. The summed E-state index contributed by atoms with van der Waals surface area (Å²) in [5.74, 6) is -0.0376. The molecule has 7 atom stereocenters. The Kier molecular flexibility index (Phi) is 15.7. The minimum Gasteiger partial charge on any atom is -0.457 e. The minimum absolute atomic E-state index is 0.170. The monoisotopic (exact) mass is 754 g/mol. The van der Waals surface area contributed by atoms with Crippen LogP contribution >= 0.6 is 11.3 Å². The van der Waals surface area contributed by atoms with E-state index in [4.69, 9.17) is 9.47 Å². The lowest BCUT2D eigenvalue weighted by molar-refractivity contribution is -0.153. The first-order chi connectivity index (χ1) is 25.8. The molecule has 4 bridgehead atoms. The van der Waals surface area contributed by atoms with E-state index in [1.165, 1.54) is 11.3 Å². The average molecular weight is 755 g/mol. The molecule has 1 saturated carbocycles. The summed E-state index contributed by atoms with van der Waals surface area (Å²) >= 11 is 1.44. The van der Waals surface area contributed by atoms with E-state index in [1.807, 2.05) is 96.2 Å². The number of hydrogen-bond acceptors (Lipinski definition) is 9. The highest BCUT2D eigenvalue weighted by Crippen LogP contribution is 2.41. The number of aliphatic hydroxyl groups is 2. The number of carbonyl (C=O) groups is 2. The molecule has 0 saturated heterocycles. The van der Waals surface area contributed by atoms with Crippen molar-refractivity contribution in [2.75, 3.05) is 0 Å². The van der Waals surface area contributed by atoms with E-state index in [0.29, 0.717) is 37.5 Å². The number of hydrogen-bond donors (Lipinski definition) is 2. The molecule has 1 fully saturated rings. The molecule has 0 spiro atoms. The van der Waals surface area contributed by atoms with Crippen LogP contribution in [-0.2, 0) is 20.7 Å². The van der Waals surface area contributed by atoms with Crippen LogP contribution in [0.1, 0.15) is 89.6 Å². The van der Waals surface area contributed by atoms with Crippen LogP contribution in [0.2, 0.25) is 0 Å². The summed E-state index contributed by atoms with van der Waals surface area (Å²) in [5, 5.41) is 24.4. The van der Waals surface area contributed by atoms with Gasteiger partial charge >= 0.3 is 11.9 Å². The predicted octanol–water partition coefficient (Wildman–Crippen LogP) is 9.18. The molecule has 2 N–H and O–H groups in total. The van der Waals surface area contributed by atoms with Gasteiger partial charge in [0.2, 0.25) is 0 Å². The number of nitrogens with zero attached hydrogens (tertiary/aromatic N) is 2. The van der Waals surface area contributed by atoms with Crippen LogP contribution in [-0.4, -0.2) is 57.3 Å². The minimum atomic E-state index is -0.810. The van der Waals surface area contributed by atoms with Gasteiger partial charge in [0, 0.05) is 47.6 Å². The molecule has 4 rings (SSSR count). The second-order valence-corrected chi connectivity index (χ2v) is 16.4. The van der Waals surface area contributed by atoms with Gasteiger partial charge in [-0.05, 0) is 50.2 Å². The maximum Gasteiger partial charge on any atom is 0.358 e. The maximum absolute atomic E-state index is 13.4. The Bertz CT molecular complexity index is 1750. The predicted molar refractivity (Wildman–Crippen MR) is 219 cm³/mol. The Morgan fingerprint density at radius 2 is 1.43 bits per heavy atom. The molecular weight excluding hydrogens is 697 g/mol. The summed E-state index contributed by atoms with van der Waals surface area (Å²) < 4.78 is 12.1. The summed E-state index contributed by atoms with van der Waals surface area (Å²) in [6, 6.07) is 0. The number of fused-ring (bicyclic) bond motifs is 4. The number of esters is 2. The third-order valence-corrected chi connectivity index (χ3v) is 11.2. The fraction of sp³-hybridized carbons (Fsp3) is 0.467. The number of rotatable bonds is 6. The topological polar surface area (TPSA) is 118 Å². The molecule has 0 aromatic carbocycles. The number of aliphatic imine (C=N–C) groups is 1. The van der Waals surface area contributed by atoms with Crippen molar-refractivity contribution in [3.05, 3.63) is 125 Å². The normalized spacial score (nSPS) is 29.8. The molecule has 54 heavy (non-hydrogen) atoms. The lowest BCUT2D eigenvalue weighted by Gasteiger charge is -2.36. The quantitative estimate of drug-likeness (QED) is 0.220. The van der Waals surface area contributed by atoms with E-state index >= 15 is 0 Å². The van der Waals surface area contributed by atoms with Crippen molar-refractivity contribution in [3.8, 4) is 0 Å². The smallest absolute Gasteiger partial charge is 0.358 e. The highest BCUT2D eigenvalue weighted by Gasteiger charge is 2.39. The number of carbonyl (C=O) groups excluding carboxylic acids is 2. The number of aliphatic hydroxyl groups excluding tert-OH is 2. The molecule has 1 aliphatic carbocycles. The Hall–Kier alpha value is -4.18. The van der Waals surface area contributed by atoms with E-state index in [0.717, 1.165) is 17.1 Å². The number of cyclic esters (lactones) is 2. The van der Waals surface area contributed by atoms with Gasteiger partial charge in [0.1, 0.15) is 17.9 Å². The molecular formula is C45H58N2O6S. The molecule has 3 heterocycles. The van der Waals surface area contributed by atoms with Gasteiger partial charge in [-0.15, -0.1) is 11.3 Å². The van der Waals surface area contributed by atoms with Crippen LogP contribution in [0.25, 0.3) is 0 Å². The van der Waals surface area contributed by atoms with Gasteiger partial charge in [-0.25, -0.2) is 19.6 Å². The maximum atomic E-state index is 13.4. The molecule has 2 aliphatic heterocycles. The molecule has 290 valence electrons. The fourth-order valence-corrected chi connectivity index (χ4v) is 7.15. The standard InChI is InChI=1S/C45H58N2O6S/c1-8-18-37(48)44(4,5)39-24-14-12-10-11-13-20-31(3)28-41-47-36(30-54-41)43(51)53-40(45(6,7)38(49)19-9-2)25-17-22-33-29-32(33)21-15-16-23-34-26-27-35(46-34)42(50)52-39/h8-23,27,30-33,37-40,48-49H,24-26,28-29H2,1-7H3/b11-10-,14-12-,18-8+,19-9+,20-13+,21-15+,22-17-,23-16-/t31-,32+,33-,37-,38-,39-,40-/m0/s1.